The fourth-order valence-corrected chi connectivity index (χ4v) is 1.48. The first-order valence-corrected chi connectivity index (χ1v) is 6.29. The van der Waals surface area contributed by atoms with Crippen molar-refractivity contribution in [2.24, 2.45) is 0 Å². The van der Waals surface area contributed by atoms with E-state index in [1.807, 2.05) is 0 Å². The van der Waals surface area contributed by atoms with E-state index in [0.717, 1.165) is 44.9 Å². The summed E-state index contributed by atoms with van der Waals surface area (Å²) in [6, 6.07) is 2.20. The standard InChI is InChI=1S/C14H23NO/c1-3-5-7-8-9-10-12-16-14(13-15)11-6-4-2/h1,14H,4-12H2,2H3. The molecule has 2 heteroatoms. The van der Waals surface area contributed by atoms with E-state index in [4.69, 9.17) is 16.4 Å². The Balaban J connectivity index is 3.29. The summed E-state index contributed by atoms with van der Waals surface area (Å²) in [6.45, 7) is 2.83. The first kappa shape index (κ1) is 15.0. The van der Waals surface area contributed by atoms with Gasteiger partial charge in [0.1, 0.15) is 6.10 Å². The monoisotopic (exact) mass is 221 g/mol. The molecule has 0 saturated heterocycles. The van der Waals surface area contributed by atoms with Crippen LogP contribution in [0.3, 0.4) is 0 Å². The Kier molecular flexibility index (Phi) is 11.3. The van der Waals surface area contributed by atoms with E-state index >= 15 is 0 Å². The Morgan fingerprint density at radius 3 is 2.56 bits per heavy atom. The van der Waals surface area contributed by atoms with Crippen LogP contribution in [0.2, 0.25) is 0 Å². The highest BCUT2D eigenvalue weighted by atomic mass is 16.5. The Bertz CT molecular complexity index is 224. The zero-order chi connectivity index (χ0) is 12.1. The summed E-state index contributed by atoms with van der Waals surface area (Å²) in [5.74, 6) is 2.63. The highest BCUT2D eigenvalue weighted by molar-refractivity contribution is 4.84. The molecule has 0 rings (SSSR count). The van der Waals surface area contributed by atoms with Crippen LogP contribution < -0.4 is 0 Å². The summed E-state index contributed by atoms with van der Waals surface area (Å²) < 4.78 is 5.50. The van der Waals surface area contributed by atoms with E-state index < -0.39 is 0 Å². The van der Waals surface area contributed by atoms with Crippen molar-refractivity contribution < 1.29 is 4.74 Å². The van der Waals surface area contributed by atoms with Crippen molar-refractivity contribution in [3.05, 3.63) is 0 Å². The maximum absolute atomic E-state index is 8.83. The van der Waals surface area contributed by atoms with Crippen LogP contribution >= 0.6 is 0 Å². The van der Waals surface area contributed by atoms with Crippen molar-refractivity contribution in [1.82, 2.24) is 0 Å². The van der Waals surface area contributed by atoms with Gasteiger partial charge in [-0.1, -0.05) is 32.6 Å². The van der Waals surface area contributed by atoms with Gasteiger partial charge >= 0.3 is 0 Å². The van der Waals surface area contributed by atoms with Crippen LogP contribution in [0.5, 0.6) is 0 Å². The second kappa shape index (κ2) is 12.1. The van der Waals surface area contributed by atoms with Gasteiger partial charge in [-0.25, -0.2) is 0 Å². The van der Waals surface area contributed by atoms with Gasteiger partial charge in [0, 0.05) is 13.0 Å². The number of nitrogens with zero attached hydrogens (tertiary/aromatic N) is 1. The fourth-order valence-electron chi connectivity index (χ4n) is 1.48. The highest BCUT2D eigenvalue weighted by Crippen LogP contribution is 2.07. The summed E-state index contributed by atoms with van der Waals surface area (Å²) in [5, 5.41) is 8.83. The van der Waals surface area contributed by atoms with Crippen LogP contribution in [0, 0.1) is 23.7 Å². The van der Waals surface area contributed by atoms with Crippen LogP contribution in [0.15, 0.2) is 0 Å². The van der Waals surface area contributed by atoms with Crippen LogP contribution in [0.25, 0.3) is 0 Å². The molecule has 0 N–H and O–H groups in total. The molecule has 1 atom stereocenters. The highest BCUT2D eigenvalue weighted by Gasteiger charge is 2.05. The van der Waals surface area contributed by atoms with Crippen molar-refractivity contribution in [3.8, 4) is 18.4 Å². The third-order valence-electron chi connectivity index (χ3n) is 2.50. The summed E-state index contributed by atoms with van der Waals surface area (Å²) in [5.41, 5.74) is 0. The zero-order valence-electron chi connectivity index (χ0n) is 10.4. The lowest BCUT2D eigenvalue weighted by molar-refractivity contribution is 0.0796. The summed E-state index contributed by atoms with van der Waals surface area (Å²) >= 11 is 0. The number of hydrogen-bond acceptors (Lipinski definition) is 2. The van der Waals surface area contributed by atoms with E-state index in [2.05, 4.69) is 18.9 Å². The van der Waals surface area contributed by atoms with Crippen LogP contribution in [-0.4, -0.2) is 12.7 Å². The Hall–Kier alpha value is -0.990. The molecule has 0 spiro atoms. The van der Waals surface area contributed by atoms with E-state index in [1.54, 1.807) is 0 Å². The molecule has 0 amide bonds. The summed E-state index contributed by atoms with van der Waals surface area (Å²) in [4.78, 5) is 0. The molecule has 16 heavy (non-hydrogen) atoms. The molecule has 0 aromatic carbocycles. The first-order valence-electron chi connectivity index (χ1n) is 6.29. The summed E-state index contributed by atoms with van der Waals surface area (Å²) in [6.07, 6.45) is 13.3. The molecule has 1 unspecified atom stereocenters. The van der Waals surface area contributed by atoms with Gasteiger partial charge in [-0.2, -0.15) is 5.26 Å². The average molecular weight is 221 g/mol. The van der Waals surface area contributed by atoms with E-state index in [1.165, 1.54) is 6.42 Å². The van der Waals surface area contributed by atoms with Gasteiger partial charge in [-0.3, -0.25) is 0 Å². The second-order valence-corrected chi connectivity index (χ2v) is 4.00. The number of hydrogen-bond donors (Lipinski definition) is 0. The molecule has 0 saturated carbocycles. The largest absolute Gasteiger partial charge is 0.363 e. The van der Waals surface area contributed by atoms with Crippen molar-refractivity contribution in [1.29, 1.82) is 5.26 Å². The lowest BCUT2D eigenvalue weighted by Crippen LogP contribution is -2.11. The maximum Gasteiger partial charge on any atom is 0.143 e. The van der Waals surface area contributed by atoms with Gasteiger partial charge in [0.15, 0.2) is 0 Å². The minimum atomic E-state index is -0.203. The molecule has 2 nitrogen and oxygen atoms in total. The van der Waals surface area contributed by atoms with Crippen LogP contribution in [0.1, 0.15) is 58.3 Å². The first-order chi connectivity index (χ1) is 7.85. The second-order valence-electron chi connectivity index (χ2n) is 4.00. The van der Waals surface area contributed by atoms with E-state index in [-0.39, 0.29) is 6.10 Å². The third-order valence-corrected chi connectivity index (χ3v) is 2.50. The normalized spacial score (nSPS) is 11.7. The number of terminal acetylenes is 1. The molecule has 90 valence electrons. The number of rotatable bonds is 10. The maximum atomic E-state index is 8.83. The van der Waals surface area contributed by atoms with Gasteiger partial charge in [0.05, 0.1) is 6.07 Å². The predicted octanol–water partition coefficient (Wildman–Crippen LogP) is 3.67. The zero-order valence-corrected chi connectivity index (χ0v) is 10.4. The molecular weight excluding hydrogens is 198 g/mol. The SMILES string of the molecule is C#CCCCCCCOC(C#N)CCCC. The topological polar surface area (TPSA) is 33.0 Å². The molecule has 0 bridgehead atoms. The molecule has 0 aliphatic heterocycles. The van der Waals surface area contributed by atoms with Crippen molar-refractivity contribution in [3.63, 3.8) is 0 Å². The Morgan fingerprint density at radius 1 is 1.19 bits per heavy atom. The number of unbranched alkanes of at least 4 members (excludes halogenated alkanes) is 5. The number of ether oxygens (including phenoxy) is 1. The van der Waals surface area contributed by atoms with Gasteiger partial charge in [-0.05, 0) is 19.3 Å². The molecule has 0 aromatic heterocycles. The Morgan fingerprint density at radius 2 is 1.94 bits per heavy atom. The van der Waals surface area contributed by atoms with Crippen molar-refractivity contribution in [2.45, 2.75) is 64.4 Å². The van der Waals surface area contributed by atoms with Gasteiger partial charge in [-0.15, -0.1) is 12.3 Å². The van der Waals surface area contributed by atoms with Gasteiger partial charge in [0.2, 0.25) is 0 Å². The predicted molar refractivity (Wildman–Crippen MR) is 66.8 cm³/mol. The minimum absolute atomic E-state index is 0.203. The van der Waals surface area contributed by atoms with Crippen LogP contribution in [-0.2, 0) is 4.74 Å². The quantitative estimate of drug-likeness (QED) is 0.416. The Labute approximate surface area is 100.0 Å². The van der Waals surface area contributed by atoms with Crippen molar-refractivity contribution in [2.75, 3.05) is 6.61 Å². The molecule has 0 fully saturated rings. The molecular formula is C14H23NO. The van der Waals surface area contributed by atoms with Gasteiger partial charge in [0.25, 0.3) is 0 Å². The fraction of sp³-hybridized carbons (Fsp3) is 0.786. The van der Waals surface area contributed by atoms with E-state index in [9.17, 15) is 0 Å². The molecule has 0 heterocycles. The van der Waals surface area contributed by atoms with Crippen molar-refractivity contribution >= 4 is 0 Å². The van der Waals surface area contributed by atoms with Gasteiger partial charge < -0.3 is 4.74 Å². The number of nitriles is 1. The smallest absolute Gasteiger partial charge is 0.143 e. The lowest BCUT2D eigenvalue weighted by Gasteiger charge is -2.09. The molecule has 0 radical (unpaired) electrons. The van der Waals surface area contributed by atoms with E-state index in [0.29, 0.717) is 6.61 Å². The third kappa shape index (κ3) is 9.56. The average Bonchev–Trinajstić information content (AvgIpc) is 2.32. The lowest BCUT2D eigenvalue weighted by atomic mass is 10.1. The van der Waals surface area contributed by atoms with Crippen LogP contribution in [0.4, 0.5) is 0 Å². The molecule has 0 aliphatic carbocycles. The summed E-state index contributed by atoms with van der Waals surface area (Å²) in [7, 11) is 0. The molecule has 0 aliphatic rings. The minimum Gasteiger partial charge on any atom is -0.363 e. The molecule has 0 aromatic rings.